The second-order valence-electron chi connectivity index (χ2n) is 3.87. The quantitative estimate of drug-likeness (QED) is 0.499. The Balaban J connectivity index is 0. The van der Waals surface area contributed by atoms with E-state index in [-0.39, 0.29) is 0 Å². The smallest absolute Gasteiger partial charge is 0.0700 e. The first kappa shape index (κ1) is 20.2. The zero-order valence-corrected chi connectivity index (χ0v) is 12.9. The van der Waals surface area contributed by atoms with E-state index in [0.29, 0.717) is 13.2 Å². The molecule has 0 heterocycles. The molecule has 0 atom stereocenters. The third kappa shape index (κ3) is 21.2. The lowest BCUT2D eigenvalue weighted by atomic mass is 10.2. The van der Waals surface area contributed by atoms with Crippen LogP contribution in [0.2, 0.25) is 0 Å². The minimum absolute atomic E-state index is 0.686. The summed E-state index contributed by atoms with van der Waals surface area (Å²) in [4.78, 5) is 0. The Morgan fingerprint density at radius 1 is 0.778 bits per heavy atom. The van der Waals surface area contributed by atoms with E-state index in [1.807, 2.05) is 20.9 Å². The van der Waals surface area contributed by atoms with Gasteiger partial charge in [-0.05, 0) is 33.0 Å². The molecule has 0 aromatic carbocycles. The van der Waals surface area contributed by atoms with Gasteiger partial charge in [-0.2, -0.15) is 0 Å². The van der Waals surface area contributed by atoms with Crippen molar-refractivity contribution in [1.29, 1.82) is 0 Å². The van der Waals surface area contributed by atoms with E-state index >= 15 is 0 Å². The largest absolute Gasteiger partial charge is 0.382 e. The predicted octanol–water partition coefficient (Wildman–Crippen LogP) is 2.05. The SMILES string of the molecule is CC.CNCCCCCCNCCOCCOC. The van der Waals surface area contributed by atoms with E-state index < -0.39 is 0 Å². The van der Waals surface area contributed by atoms with E-state index in [1.54, 1.807) is 7.11 Å². The molecule has 0 saturated heterocycles. The van der Waals surface area contributed by atoms with Crippen LogP contribution in [0.3, 0.4) is 0 Å². The van der Waals surface area contributed by atoms with Gasteiger partial charge in [-0.3, -0.25) is 0 Å². The van der Waals surface area contributed by atoms with Crippen molar-refractivity contribution in [2.75, 3.05) is 53.6 Å². The van der Waals surface area contributed by atoms with E-state index in [9.17, 15) is 0 Å². The van der Waals surface area contributed by atoms with Crippen molar-refractivity contribution in [3.05, 3.63) is 0 Å². The van der Waals surface area contributed by atoms with Crippen LogP contribution in [-0.2, 0) is 9.47 Å². The molecule has 4 heteroatoms. The highest BCUT2D eigenvalue weighted by Gasteiger charge is 1.91. The zero-order valence-electron chi connectivity index (χ0n) is 12.9. The van der Waals surface area contributed by atoms with Gasteiger partial charge in [0.15, 0.2) is 0 Å². The van der Waals surface area contributed by atoms with E-state index in [2.05, 4.69) is 10.6 Å². The van der Waals surface area contributed by atoms with Crippen molar-refractivity contribution in [2.45, 2.75) is 39.5 Å². The normalized spacial score (nSPS) is 10.0. The Kier molecular flexibility index (Phi) is 24.7. The number of hydrogen-bond acceptors (Lipinski definition) is 4. The first-order chi connectivity index (χ1) is 8.91. The molecule has 112 valence electrons. The number of unbranched alkanes of at least 4 members (excludes halogenated alkanes) is 3. The van der Waals surface area contributed by atoms with Gasteiger partial charge in [0, 0.05) is 13.7 Å². The van der Waals surface area contributed by atoms with Crippen LogP contribution in [-0.4, -0.2) is 53.6 Å². The summed E-state index contributed by atoms with van der Waals surface area (Å²) >= 11 is 0. The molecule has 0 aliphatic rings. The molecule has 0 unspecified atom stereocenters. The van der Waals surface area contributed by atoms with Crippen LogP contribution in [0.5, 0.6) is 0 Å². The van der Waals surface area contributed by atoms with Gasteiger partial charge in [-0.1, -0.05) is 26.7 Å². The van der Waals surface area contributed by atoms with Crippen molar-refractivity contribution in [2.24, 2.45) is 0 Å². The van der Waals surface area contributed by atoms with Gasteiger partial charge in [0.05, 0.1) is 19.8 Å². The van der Waals surface area contributed by atoms with Crippen molar-refractivity contribution >= 4 is 0 Å². The average molecular weight is 262 g/mol. The fourth-order valence-corrected chi connectivity index (χ4v) is 1.42. The molecule has 0 spiro atoms. The summed E-state index contributed by atoms with van der Waals surface area (Å²) in [5, 5.41) is 6.53. The molecular weight excluding hydrogens is 228 g/mol. The Morgan fingerprint density at radius 2 is 1.44 bits per heavy atom. The van der Waals surface area contributed by atoms with Crippen LogP contribution in [0.4, 0.5) is 0 Å². The first-order valence-corrected chi connectivity index (χ1v) is 7.33. The Labute approximate surface area is 114 Å². The predicted molar refractivity (Wildman–Crippen MR) is 79.3 cm³/mol. The maximum atomic E-state index is 5.34. The minimum Gasteiger partial charge on any atom is -0.382 e. The van der Waals surface area contributed by atoms with Crippen LogP contribution in [0.1, 0.15) is 39.5 Å². The van der Waals surface area contributed by atoms with Crippen molar-refractivity contribution < 1.29 is 9.47 Å². The van der Waals surface area contributed by atoms with Crippen molar-refractivity contribution in [1.82, 2.24) is 10.6 Å². The lowest BCUT2D eigenvalue weighted by Gasteiger charge is -2.05. The molecule has 0 aromatic heterocycles. The molecular formula is C14H34N2O2. The number of hydrogen-bond donors (Lipinski definition) is 2. The first-order valence-electron chi connectivity index (χ1n) is 7.33. The van der Waals surface area contributed by atoms with Gasteiger partial charge in [0.25, 0.3) is 0 Å². The van der Waals surface area contributed by atoms with Gasteiger partial charge in [0.2, 0.25) is 0 Å². The molecule has 0 aliphatic carbocycles. The van der Waals surface area contributed by atoms with Crippen LogP contribution in [0.25, 0.3) is 0 Å². The van der Waals surface area contributed by atoms with Crippen LogP contribution in [0.15, 0.2) is 0 Å². The van der Waals surface area contributed by atoms with Gasteiger partial charge in [-0.15, -0.1) is 0 Å². The van der Waals surface area contributed by atoms with E-state index in [1.165, 1.54) is 25.7 Å². The molecule has 0 aromatic rings. The Morgan fingerprint density at radius 3 is 2.06 bits per heavy atom. The summed E-state index contributed by atoms with van der Waals surface area (Å²) in [6.45, 7) is 9.35. The highest BCUT2D eigenvalue weighted by molar-refractivity contribution is 4.50. The molecule has 18 heavy (non-hydrogen) atoms. The van der Waals surface area contributed by atoms with E-state index in [4.69, 9.17) is 9.47 Å². The van der Waals surface area contributed by atoms with Gasteiger partial charge >= 0.3 is 0 Å². The Bertz CT molecular complexity index is 110. The highest BCUT2D eigenvalue weighted by Crippen LogP contribution is 1.97. The van der Waals surface area contributed by atoms with Crippen LogP contribution < -0.4 is 10.6 Å². The van der Waals surface area contributed by atoms with Gasteiger partial charge in [-0.25, -0.2) is 0 Å². The molecule has 0 rings (SSSR count). The standard InChI is InChI=1S/C12H28N2O2.C2H6/c1-13-7-5-3-4-6-8-14-9-10-16-12-11-15-2;1-2/h13-14H,3-12H2,1-2H3;1-2H3. The molecule has 4 nitrogen and oxygen atoms in total. The minimum atomic E-state index is 0.686. The Hall–Kier alpha value is -0.160. The van der Waals surface area contributed by atoms with Gasteiger partial charge in [0.1, 0.15) is 0 Å². The second kappa shape index (κ2) is 22.1. The number of nitrogens with one attached hydrogen (secondary N) is 2. The monoisotopic (exact) mass is 262 g/mol. The van der Waals surface area contributed by atoms with E-state index in [0.717, 1.165) is 26.2 Å². The highest BCUT2D eigenvalue weighted by atomic mass is 16.5. The summed E-state index contributed by atoms with van der Waals surface area (Å²) in [5.74, 6) is 0. The lowest BCUT2D eigenvalue weighted by Crippen LogP contribution is -2.21. The third-order valence-corrected chi connectivity index (χ3v) is 2.39. The molecule has 0 bridgehead atoms. The number of methoxy groups -OCH3 is 1. The third-order valence-electron chi connectivity index (χ3n) is 2.39. The number of ether oxygens (including phenoxy) is 2. The summed E-state index contributed by atoms with van der Waals surface area (Å²) < 4.78 is 10.2. The van der Waals surface area contributed by atoms with Crippen LogP contribution >= 0.6 is 0 Å². The number of rotatable bonds is 13. The molecule has 0 fully saturated rings. The molecule has 0 amide bonds. The lowest BCUT2D eigenvalue weighted by molar-refractivity contribution is 0.0720. The maximum Gasteiger partial charge on any atom is 0.0700 e. The fraction of sp³-hybridized carbons (Fsp3) is 1.00. The van der Waals surface area contributed by atoms with Crippen LogP contribution in [0, 0.1) is 0 Å². The average Bonchev–Trinajstić information content (AvgIpc) is 2.42. The summed E-state index contributed by atoms with van der Waals surface area (Å²) in [6.07, 6.45) is 5.20. The maximum absolute atomic E-state index is 5.34. The molecule has 0 saturated carbocycles. The zero-order chi connectivity index (χ0) is 13.9. The van der Waals surface area contributed by atoms with Gasteiger partial charge < -0.3 is 20.1 Å². The fourth-order valence-electron chi connectivity index (χ4n) is 1.42. The topological polar surface area (TPSA) is 42.5 Å². The second-order valence-corrected chi connectivity index (χ2v) is 3.87. The summed E-state index contributed by atoms with van der Waals surface area (Å²) in [5.41, 5.74) is 0. The summed E-state index contributed by atoms with van der Waals surface area (Å²) in [6, 6.07) is 0. The molecule has 0 radical (unpaired) electrons. The molecule has 2 N–H and O–H groups in total. The summed E-state index contributed by atoms with van der Waals surface area (Å²) in [7, 11) is 3.70. The van der Waals surface area contributed by atoms with Crippen molar-refractivity contribution in [3.8, 4) is 0 Å². The molecule has 0 aliphatic heterocycles. The van der Waals surface area contributed by atoms with Crippen molar-refractivity contribution in [3.63, 3.8) is 0 Å².